The van der Waals surface area contributed by atoms with Crippen molar-refractivity contribution in [1.29, 1.82) is 0 Å². The molecule has 0 spiro atoms. The molecule has 2 rings (SSSR count). The van der Waals surface area contributed by atoms with Gasteiger partial charge in [0.15, 0.2) is 0 Å². The van der Waals surface area contributed by atoms with Crippen LogP contribution in [0.1, 0.15) is 30.8 Å². The van der Waals surface area contributed by atoms with Crippen molar-refractivity contribution < 1.29 is 0 Å². The van der Waals surface area contributed by atoms with Gasteiger partial charge in [0.05, 0.1) is 0 Å². The van der Waals surface area contributed by atoms with Crippen LogP contribution in [0.2, 0.25) is 0 Å². The van der Waals surface area contributed by atoms with Crippen LogP contribution >= 0.6 is 0 Å². The monoisotopic (exact) mass is 191 g/mol. The van der Waals surface area contributed by atoms with E-state index < -0.39 is 0 Å². The van der Waals surface area contributed by atoms with E-state index in [2.05, 4.69) is 21.8 Å². The molecule has 0 aliphatic carbocycles. The molecule has 1 saturated heterocycles. The number of likely N-dealkylation sites (tertiary alicyclic amines) is 1. The molecule has 2 heterocycles. The maximum atomic E-state index is 4.45. The van der Waals surface area contributed by atoms with E-state index in [1.54, 1.807) is 0 Å². The molecular weight excluding hydrogens is 174 g/mol. The molecule has 1 aromatic rings. The third-order valence-corrected chi connectivity index (χ3v) is 2.71. The lowest BCUT2D eigenvalue weighted by Gasteiger charge is -2.38. The van der Waals surface area contributed by atoms with E-state index >= 15 is 0 Å². The average molecular weight is 191 g/mol. The minimum atomic E-state index is 0.642. The average Bonchev–Trinajstić information content (AvgIpc) is 2.10. The van der Waals surface area contributed by atoms with Crippen molar-refractivity contribution in [3.05, 3.63) is 23.8 Å². The Morgan fingerprint density at radius 3 is 2.93 bits per heavy atom. The summed E-state index contributed by atoms with van der Waals surface area (Å²) in [6.45, 7) is 7.74. The molecule has 76 valence electrons. The predicted octanol–water partition coefficient (Wildman–Crippen LogP) is 1.59. The van der Waals surface area contributed by atoms with Gasteiger partial charge in [0.25, 0.3) is 0 Å². The molecule has 1 aliphatic heterocycles. The molecular formula is C11H17N3. The summed E-state index contributed by atoms with van der Waals surface area (Å²) in [4.78, 5) is 11.0. The maximum absolute atomic E-state index is 4.45. The Morgan fingerprint density at radius 1 is 1.50 bits per heavy atom. The van der Waals surface area contributed by atoms with E-state index in [-0.39, 0.29) is 0 Å². The van der Waals surface area contributed by atoms with Crippen molar-refractivity contribution in [2.75, 3.05) is 19.6 Å². The summed E-state index contributed by atoms with van der Waals surface area (Å²) in [5, 5.41) is 0. The second-order valence-electron chi connectivity index (χ2n) is 3.99. The minimum Gasteiger partial charge on any atom is -0.302 e. The van der Waals surface area contributed by atoms with Gasteiger partial charge in [0.2, 0.25) is 0 Å². The summed E-state index contributed by atoms with van der Waals surface area (Å²) >= 11 is 0. The largest absolute Gasteiger partial charge is 0.302 e. The first kappa shape index (κ1) is 9.59. The first-order chi connectivity index (χ1) is 6.79. The molecule has 0 radical (unpaired) electrons. The smallest absolute Gasteiger partial charge is 0.125 e. The van der Waals surface area contributed by atoms with Gasteiger partial charge >= 0.3 is 0 Å². The van der Waals surface area contributed by atoms with Gasteiger partial charge in [-0.2, -0.15) is 0 Å². The second kappa shape index (κ2) is 4.05. The van der Waals surface area contributed by atoms with Gasteiger partial charge < -0.3 is 4.90 Å². The Kier molecular flexibility index (Phi) is 2.77. The fourth-order valence-electron chi connectivity index (χ4n) is 1.96. The van der Waals surface area contributed by atoms with Crippen LogP contribution in [0.5, 0.6) is 0 Å². The Bertz CT molecular complexity index is 305. The Hall–Kier alpha value is -0.960. The van der Waals surface area contributed by atoms with Crippen molar-refractivity contribution >= 4 is 0 Å². The lowest BCUT2D eigenvalue weighted by molar-refractivity contribution is 0.146. The third kappa shape index (κ3) is 1.93. The van der Waals surface area contributed by atoms with Gasteiger partial charge in [0, 0.05) is 30.9 Å². The van der Waals surface area contributed by atoms with E-state index in [9.17, 15) is 0 Å². The molecule has 3 heteroatoms. The maximum Gasteiger partial charge on any atom is 0.125 e. The SMILES string of the molecule is CCCN1CC(c2ccnc(C)n2)C1. The molecule has 1 fully saturated rings. The second-order valence-corrected chi connectivity index (χ2v) is 3.99. The summed E-state index contributed by atoms with van der Waals surface area (Å²) in [6, 6.07) is 2.04. The fourth-order valence-corrected chi connectivity index (χ4v) is 1.96. The number of aromatic nitrogens is 2. The van der Waals surface area contributed by atoms with Crippen molar-refractivity contribution in [1.82, 2.24) is 14.9 Å². The number of rotatable bonds is 3. The number of nitrogens with zero attached hydrogens (tertiary/aromatic N) is 3. The summed E-state index contributed by atoms with van der Waals surface area (Å²) in [5.74, 6) is 1.53. The van der Waals surface area contributed by atoms with Crippen LogP contribution in [-0.4, -0.2) is 34.5 Å². The molecule has 1 aliphatic rings. The van der Waals surface area contributed by atoms with Crippen LogP contribution in [0.25, 0.3) is 0 Å². The van der Waals surface area contributed by atoms with Crippen molar-refractivity contribution in [2.24, 2.45) is 0 Å². The van der Waals surface area contributed by atoms with Crippen LogP contribution in [0.15, 0.2) is 12.3 Å². The van der Waals surface area contributed by atoms with Gasteiger partial charge in [0.1, 0.15) is 5.82 Å². The zero-order chi connectivity index (χ0) is 9.97. The highest BCUT2D eigenvalue weighted by Gasteiger charge is 2.28. The van der Waals surface area contributed by atoms with E-state index in [1.807, 2.05) is 19.2 Å². The highest BCUT2D eigenvalue weighted by molar-refractivity contribution is 5.13. The molecule has 3 nitrogen and oxygen atoms in total. The van der Waals surface area contributed by atoms with E-state index in [0.29, 0.717) is 5.92 Å². The molecule has 1 aromatic heterocycles. The summed E-state index contributed by atoms with van der Waals surface area (Å²) in [6.07, 6.45) is 3.11. The molecule has 0 saturated carbocycles. The summed E-state index contributed by atoms with van der Waals surface area (Å²) in [7, 11) is 0. The molecule has 0 bridgehead atoms. The van der Waals surface area contributed by atoms with Crippen molar-refractivity contribution in [3.63, 3.8) is 0 Å². The van der Waals surface area contributed by atoms with Crippen LogP contribution in [-0.2, 0) is 0 Å². The first-order valence-corrected chi connectivity index (χ1v) is 5.31. The summed E-state index contributed by atoms with van der Waals surface area (Å²) in [5.41, 5.74) is 1.21. The minimum absolute atomic E-state index is 0.642. The Balaban J connectivity index is 1.93. The van der Waals surface area contributed by atoms with E-state index in [4.69, 9.17) is 0 Å². The topological polar surface area (TPSA) is 29.0 Å². The molecule has 0 atom stereocenters. The van der Waals surface area contributed by atoms with Gasteiger partial charge in [-0.05, 0) is 26.0 Å². The highest BCUT2D eigenvalue weighted by atomic mass is 15.2. The molecule has 0 aromatic carbocycles. The van der Waals surface area contributed by atoms with Crippen LogP contribution in [0, 0.1) is 6.92 Å². The molecule has 0 amide bonds. The zero-order valence-electron chi connectivity index (χ0n) is 8.90. The standard InChI is InChI=1S/C11H17N3/c1-3-6-14-7-10(8-14)11-4-5-12-9(2)13-11/h4-5,10H,3,6-8H2,1-2H3. The van der Waals surface area contributed by atoms with Crippen molar-refractivity contribution in [2.45, 2.75) is 26.2 Å². The molecule has 14 heavy (non-hydrogen) atoms. The molecule has 0 unspecified atom stereocenters. The normalized spacial score (nSPS) is 18.1. The van der Waals surface area contributed by atoms with Gasteiger partial charge in [-0.1, -0.05) is 6.92 Å². The summed E-state index contributed by atoms with van der Waals surface area (Å²) < 4.78 is 0. The lowest BCUT2D eigenvalue weighted by Crippen LogP contribution is -2.45. The van der Waals surface area contributed by atoms with Crippen LogP contribution in [0.3, 0.4) is 0 Å². The van der Waals surface area contributed by atoms with E-state index in [1.165, 1.54) is 31.7 Å². The number of hydrogen-bond acceptors (Lipinski definition) is 3. The molecule has 0 N–H and O–H groups in total. The Labute approximate surface area is 85.2 Å². The van der Waals surface area contributed by atoms with Crippen LogP contribution < -0.4 is 0 Å². The number of hydrogen-bond donors (Lipinski definition) is 0. The fraction of sp³-hybridized carbons (Fsp3) is 0.636. The highest BCUT2D eigenvalue weighted by Crippen LogP contribution is 2.24. The van der Waals surface area contributed by atoms with Crippen LogP contribution in [0.4, 0.5) is 0 Å². The predicted molar refractivity (Wildman–Crippen MR) is 56.2 cm³/mol. The quantitative estimate of drug-likeness (QED) is 0.726. The first-order valence-electron chi connectivity index (χ1n) is 5.31. The third-order valence-electron chi connectivity index (χ3n) is 2.71. The Morgan fingerprint density at radius 2 is 2.29 bits per heavy atom. The zero-order valence-corrected chi connectivity index (χ0v) is 8.90. The van der Waals surface area contributed by atoms with Gasteiger partial charge in [-0.25, -0.2) is 9.97 Å². The van der Waals surface area contributed by atoms with Gasteiger partial charge in [-0.15, -0.1) is 0 Å². The van der Waals surface area contributed by atoms with Crippen molar-refractivity contribution in [3.8, 4) is 0 Å². The lowest BCUT2D eigenvalue weighted by atomic mass is 9.96. The van der Waals surface area contributed by atoms with E-state index in [0.717, 1.165) is 5.82 Å². The number of aryl methyl sites for hydroxylation is 1. The van der Waals surface area contributed by atoms with Gasteiger partial charge in [-0.3, -0.25) is 0 Å².